The molecule has 0 aliphatic carbocycles. The molecule has 3 rings (SSSR count). The van der Waals surface area contributed by atoms with Crippen LogP contribution in [0.5, 0.6) is 0 Å². The van der Waals surface area contributed by atoms with Crippen LogP contribution >= 0.6 is 0 Å². The predicted octanol–water partition coefficient (Wildman–Crippen LogP) is 1.05. The van der Waals surface area contributed by atoms with E-state index in [1.165, 1.54) is 12.3 Å². The SMILES string of the molecule is CS(=O)(=O)N[C@@H]1CCN(C(=O)c2ccno2)[C@H]1Cc1ccccc1. The summed E-state index contributed by atoms with van der Waals surface area (Å²) in [6.07, 6.45) is 3.67. The molecule has 1 aromatic carbocycles. The molecule has 0 unspecified atom stereocenters. The molecule has 1 fully saturated rings. The van der Waals surface area contributed by atoms with Crippen LogP contribution in [-0.2, 0) is 16.4 Å². The topological polar surface area (TPSA) is 92.5 Å². The number of nitrogens with one attached hydrogen (secondary N) is 1. The van der Waals surface area contributed by atoms with Crippen molar-refractivity contribution in [1.29, 1.82) is 0 Å². The van der Waals surface area contributed by atoms with Crippen molar-refractivity contribution in [1.82, 2.24) is 14.8 Å². The molecule has 2 atom stereocenters. The van der Waals surface area contributed by atoms with E-state index in [0.717, 1.165) is 11.8 Å². The van der Waals surface area contributed by atoms with Crippen LogP contribution in [0.1, 0.15) is 22.5 Å². The van der Waals surface area contributed by atoms with Crippen LogP contribution < -0.4 is 4.72 Å². The van der Waals surface area contributed by atoms with Crippen molar-refractivity contribution in [3.05, 3.63) is 53.9 Å². The first kappa shape index (κ1) is 16.7. The van der Waals surface area contributed by atoms with Gasteiger partial charge in [0, 0.05) is 18.7 Å². The Balaban J connectivity index is 1.85. The number of hydrogen-bond acceptors (Lipinski definition) is 5. The summed E-state index contributed by atoms with van der Waals surface area (Å²) < 4.78 is 30.9. The summed E-state index contributed by atoms with van der Waals surface area (Å²) in [5.74, 6) is -0.112. The molecule has 0 saturated carbocycles. The zero-order chi connectivity index (χ0) is 17.2. The Labute approximate surface area is 140 Å². The van der Waals surface area contributed by atoms with Crippen LogP contribution in [0, 0.1) is 0 Å². The minimum Gasteiger partial charge on any atom is -0.351 e. The van der Waals surface area contributed by atoms with E-state index >= 15 is 0 Å². The number of carbonyl (C=O) groups excluding carboxylic acids is 1. The van der Waals surface area contributed by atoms with Crippen molar-refractivity contribution in [3.63, 3.8) is 0 Å². The van der Waals surface area contributed by atoms with Gasteiger partial charge in [-0.2, -0.15) is 0 Å². The first-order chi connectivity index (χ1) is 11.4. The number of benzene rings is 1. The summed E-state index contributed by atoms with van der Waals surface area (Å²) >= 11 is 0. The highest BCUT2D eigenvalue weighted by atomic mass is 32.2. The van der Waals surface area contributed by atoms with Crippen LogP contribution in [0.3, 0.4) is 0 Å². The number of nitrogens with zero attached hydrogens (tertiary/aromatic N) is 2. The van der Waals surface area contributed by atoms with Gasteiger partial charge in [0.2, 0.25) is 15.8 Å². The molecular formula is C16H19N3O4S. The minimum absolute atomic E-state index is 0.160. The highest BCUT2D eigenvalue weighted by Gasteiger charge is 2.39. The largest absolute Gasteiger partial charge is 0.351 e. The standard InChI is InChI=1S/C16H19N3O4S/c1-24(21,22)18-13-8-10-19(16(20)15-7-9-17-23-15)14(13)11-12-5-3-2-4-6-12/h2-7,9,13-14,18H,8,10-11H2,1H3/t13-,14+/m1/s1. The average molecular weight is 349 g/mol. The molecule has 8 heteroatoms. The number of aromatic nitrogens is 1. The lowest BCUT2D eigenvalue weighted by Gasteiger charge is -2.27. The average Bonchev–Trinajstić information content (AvgIpc) is 3.17. The van der Waals surface area contributed by atoms with Crippen LogP contribution in [0.4, 0.5) is 0 Å². The number of amides is 1. The van der Waals surface area contributed by atoms with Crippen molar-refractivity contribution >= 4 is 15.9 Å². The maximum Gasteiger partial charge on any atom is 0.292 e. The van der Waals surface area contributed by atoms with Gasteiger partial charge >= 0.3 is 0 Å². The lowest BCUT2D eigenvalue weighted by atomic mass is 10.0. The van der Waals surface area contributed by atoms with Crippen LogP contribution in [0.2, 0.25) is 0 Å². The molecule has 0 radical (unpaired) electrons. The zero-order valence-electron chi connectivity index (χ0n) is 13.3. The van der Waals surface area contributed by atoms with Gasteiger partial charge in [-0.3, -0.25) is 4.79 Å². The van der Waals surface area contributed by atoms with Crippen molar-refractivity contribution in [3.8, 4) is 0 Å². The zero-order valence-corrected chi connectivity index (χ0v) is 14.1. The van der Waals surface area contributed by atoms with E-state index in [4.69, 9.17) is 4.52 Å². The van der Waals surface area contributed by atoms with E-state index in [2.05, 4.69) is 9.88 Å². The second-order valence-electron chi connectivity index (χ2n) is 5.92. The van der Waals surface area contributed by atoms with Gasteiger partial charge in [0.05, 0.1) is 18.5 Å². The van der Waals surface area contributed by atoms with Crippen molar-refractivity contribution in [2.45, 2.75) is 24.9 Å². The van der Waals surface area contributed by atoms with Crippen molar-refractivity contribution < 1.29 is 17.7 Å². The normalized spacial score (nSPS) is 21.1. The summed E-state index contributed by atoms with van der Waals surface area (Å²) in [5.41, 5.74) is 1.04. The predicted molar refractivity (Wildman–Crippen MR) is 87.9 cm³/mol. The van der Waals surface area contributed by atoms with Gasteiger partial charge in [-0.05, 0) is 18.4 Å². The van der Waals surface area contributed by atoms with Crippen molar-refractivity contribution in [2.75, 3.05) is 12.8 Å². The quantitative estimate of drug-likeness (QED) is 0.871. The molecule has 0 bridgehead atoms. The Morgan fingerprint density at radius 1 is 1.33 bits per heavy atom. The van der Waals surface area contributed by atoms with Crippen LogP contribution in [0.25, 0.3) is 0 Å². The number of hydrogen-bond donors (Lipinski definition) is 1. The number of rotatable bonds is 5. The van der Waals surface area contributed by atoms with E-state index in [1.807, 2.05) is 30.3 Å². The summed E-state index contributed by atoms with van der Waals surface area (Å²) in [5, 5.41) is 3.57. The van der Waals surface area contributed by atoms with E-state index < -0.39 is 10.0 Å². The summed E-state index contributed by atoms with van der Waals surface area (Å²) in [6.45, 7) is 0.463. The second kappa shape index (κ2) is 6.74. The molecule has 2 heterocycles. The van der Waals surface area contributed by atoms with Crippen LogP contribution in [-0.4, -0.2) is 49.3 Å². The molecule has 1 aliphatic heterocycles. The lowest BCUT2D eigenvalue weighted by Crippen LogP contribution is -2.47. The fourth-order valence-corrected chi connectivity index (χ4v) is 3.92. The fourth-order valence-electron chi connectivity index (χ4n) is 3.09. The Bertz CT molecular complexity index is 790. The summed E-state index contributed by atoms with van der Waals surface area (Å²) in [6, 6.07) is 10.6. The molecule has 1 aliphatic rings. The molecule has 2 aromatic rings. The third-order valence-corrected chi connectivity index (χ3v) is 4.84. The summed E-state index contributed by atoms with van der Waals surface area (Å²) in [4.78, 5) is 14.3. The monoisotopic (exact) mass is 349 g/mol. The minimum atomic E-state index is -3.36. The van der Waals surface area contributed by atoms with Crippen LogP contribution in [0.15, 0.2) is 47.1 Å². The molecule has 1 saturated heterocycles. The second-order valence-corrected chi connectivity index (χ2v) is 7.70. The molecule has 7 nitrogen and oxygen atoms in total. The third-order valence-electron chi connectivity index (χ3n) is 4.11. The molecular weight excluding hydrogens is 330 g/mol. The summed E-state index contributed by atoms with van der Waals surface area (Å²) in [7, 11) is -3.36. The fraction of sp³-hybridized carbons (Fsp3) is 0.375. The van der Waals surface area contributed by atoms with Gasteiger partial charge in [0.25, 0.3) is 5.91 Å². The molecule has 1 N–H and O–H groups in total. The number of likely N-dealkylation sites (tertiary alicyclic amines) is 1. The Morgan fingerprint density at radius 2 is 2.08 bits per heavy atom. The highest BCUT2D eigenvalue weighted by molar-refractivity contribution is 7.88. The Hall–Kier alpha value is -2.19. The molecule has 0 spiro atoms. The lowest BCUT2D eigenvalue weighted by molar-refractivity contribution is 0.0686. The number of sulfonamides is 1. The molecule has 24 heavy (non-hydrogen) atoms. The molecule has 1 amide bonds. The van der Waals surface area contributed by atoms with E-state index in [0.29, 0.717) is 19.4 Å². The maximum absolute atomic E-state index is 12.6. The smallest absolute Gasteiger partial charge is 0.292 e. The first-order valence-corrected chi connectivity index (χ1v) is 9.56. The third kappa shape index (κ3) is 3.82. The van der Waals surface area contributed by atoms with E-state index in [9.17, 15) is 13.2 Å². The van der Waals surface area contributed by atoms with Gasteiger partial charge < -0.3 is 9.42 Å². The van der Waals surface area contributed by atoms with Gasteiger partial charge in [-0.25, -0.2) is 13.1 Å². The van der Waals surface area contributed by atoms with Gasteiger partial charge in [0.15, 0.2) is 0 Å². The molecule has 1 aromatic heterocycles. The molecule has 128 valence electrons. The number of carbonyl (C=O) groups is 1. The van der Waals surface area contributed by atoms with Gasteiger partial charge in [-0.1, -0.05) is 35.5 Å². The highest BCUT2D eigenvalue weighted by Crippen LogP contribution is 2.24. The maximum atomic E-state index is 12.6. The van der Waals surface area contributed by atoms with Gasteiger partial charge in [0.1, 0.15) is 0 Å². The van der Waals surface area contributed by atoms with E-state index in [1.54, 1.807) is 4.90 Å². The van der Waals surface area contributed by atoms with E-state index in [-0.39, 0.29) is 23.8 Å². The Kier molecular flexibility index (Phi) is 4.68. The van der Waals surface area contributed by atoms with Gasteiger partial charge in [-0.15, -0.1) is 0 Å². The van der Waals surface area contributed by atoms with Crippen molar-refractivity contribution in [2.24, 2.45) is 0 Å². The first-order valence-electron chi connectivity index (χ1n) is 7.67. The Morgan fingerprint density at radius 3 is 2.71 bits per heavy atom.